The molecule has 0 heterocycles. The molecule has 1 atom stereocenters. The van der Waals surface area contributed by atoms with Crippen LogP contribution in [0.5, 0.6) is 0 Å². The molecule has 1 aromatic rings. The highest BCUT2D eigenvalue weighted by atomic mass is 16.2. The molecule has 0 radical (unpaired) electrons. The summed E-state index contributed by atoms with van der Waals surface area (Å²) in [6, 6.07) is 9.84. The Morgan fingerprint density at radius 3 is 2.67 bits per heavy atom. The van der Waals surface area contributed by atoms with Gasteiger partial charge in [-0.1, -0.05) is 30.3 Å². The average molecular weight is 249 g/mol. The van der Waals surface area contributed by atoms with E-state index in [2.05, 4.69) is 5.32 Å². The van der Waals surface area contributed by atoms with Crippen molar-refractivity contribution in [3.63, 3.8) is 0 Å². The molecule has 18 heavy (non-hydrogen) atoms. The summed E-state index contributed by atoms with van der Waals surface area (Å²) in [7, 11) is 3.71. The molecule has 0 aliphatic heterocycles. The van der Waals surface area contributed by atoms with Crippen molar-refractivity contribution in [3.05, 3.63) is 35.9 Å². The lowest BCUT2D eigenvalue weighted by atomic mass is 10.0. The summed E-state index contributed by atoms with van der Waals surface area (Å²) in [5, 5.41) is 3.03. The molecule has 3 N–H and O–H groups in total. The van der Waals surface area contributed by atoms with Gasteiger partial charge in [0.1, 0.15) is 0 Å². The monoisotopic (exact) mass is 249 g/mol. The molecule has 100 valence electrons. The summed E-state index contributed by atoms with van der Waals surface area (Å²) in [6.07, 6.45) is 1.18. The highest BCUT2D eigenvalue weighted by Gasteiger charge is 2.11. The number of nitrogens with zero attached hydrogens (tertiary/aromatic N) is 1. The topological polar surface area (TPSA) is 58.4 Å². The van der Waals surface area contributed by atoms with E-state index < -0.39 is 0 Å². The molecule has 0 fully saturated rings. The minimum atomic E-state index is -0.0622. The van der Waals surface area contributed by atoms with Gasteiger partial charge in [-0.15, -0.1) is 0 Å². The Hall–Kier alpha value is -1.39. The number of nitrogens with two attached hydrogens (primary N) is 1. The number of carbonyl (C=O) groups is 1. The van der Waals surface area contributed by atoms with Gasteiger partial charge in [0.2, 0.25) is 5.91 Å². The first kappa shape index (κ1) is 14.7. The maximum atomic E-state index is 11.8. The fourth-order valence-electron chi connectivity index (χ4n) is 1.74. The number of nitrogens with one attached hydrogen (secondary N) is 1. The predicted molar refractivity (Wildman–Crippen MR) is 74.2 cm³/mol. The second-order valence-electron chi connectivity index (χ2n) is 4.47. The zero-order valence-electron chi connectivity index (χ0n) is 11.2. The molecule has 0 saturated heterocycles. The van der Waals surface area contributed by atoms with E-state index in [-0.39, 0.29) is 11.9 Å². The van der Waals surface area contributed by atoms with E-state index in [9.17, 15) is 4.79 Å². The lowest BCUT2D eigenvalue weighted by Gasteiger charge is -2.18. The molecule has 0 aliphatic carbocycles. The zero-order valence-corrected chi connectivity index (χ0v) is 11.2. The van der Waals surface area contributed by atoms with Crippen molar-refractivity contribution in [2.75, 3.05) is 27.2 Å². The predicted octanol–water partition coefficient (Wildman–Crippen LogP) is 1.14. The van der Waals surface area contributed by atoms with Gasteiger partial charge in [-0.3, -0.25) is 4.79 Å². The van der Waals surface area contributed by atoms with Gasteiger partial charge in [-0.05, 0) is 19.0 Å². The number of likely N-dealkylation sites (N-methyl/N-ethyl adjacent to an activating group) is 2. The number of rotatable bonds is 7. The van der Waals surface area contributed by atoms with Crippen molar-refractivity contribution in [1.82, 2.24) is 10.2 Å². The molecule has 0 bridgehead atoms. The summed E-state index contributed by atoms with van der Waals surface area (Å²) < 4.78 is 0. The quantitative estimate of drug-likeness (QED) is 0.762. The summed E-state index contributed by atoms with van der Waals surface area (Å²) in [5.74, 6) is 0.150. The van der Waals surface area contributed by atoms with E-state index in [0.717, 1.165) is 18.7 Å². The number of hydrogen-bond donors (Lipinski definition) is 2. The number of amides is 1. The summed E-state index contributed by atoms with van der Waals surface area (Å²) in [5.41, 5.74) is 7.15. The molecule has 0 aliphatic rings. The Morgan fingerprint density at radius 1 is 1.39 bits per heavy atom. The first-order valence-corrected chi connectivity index (χ1v) is 6.34. The highest BCUT2D eigenvalue weighted by Crippen LogP contribution is 2.15. The van der Waals surface area contributed by atoms with E-state index in [1.807, 2.05) is 44.4 Å². The molecule has 1 aromatic carbocycles. The van der Waals surface area contributed by atoms with Gasteiger partial charge in [0.25, 0.3) is 0 Å². The van der Waals surface area contributed by atoms with Crippen molar-refractivity contribution in [3.8, 4) is 0 Å². The molecule has 0 saturated carbocycles. The second kappa shape index (κ2) is 7.84. The van der Waals surface area contributed by atoms with Crippen LogP contribution in [0.15, 0.2) is 30.3 Å². The van der Waals surface area contributed by atoms with Crippen LogP contribution in [0.3, 0.4) is 0 Å². The van der Waals surface area contributed by atoms with Gasteiger partial charge in [0, 0.05) is 32.6 Å². The lowest BCUT2D eigenvalue weighted by molar-refractivity contribution is -0.130. The van der Waals surface area contributed by atoms with Crippen LogP contribution in [-0.2, 0) is 4.79 Å². The second-order valence-corrected chi connectivity index (χ2v) is 4.47. The summed E-state index contributed by atoms with van der Waals surface area (Å²) in [6.45, 7) is 1.54. The first-order chi connectivity index (χ1) is 8.65. The van der Waals surface area contributed by atoms with E-state index in [4.69, 9.17) is 5.73 Å². The van der Waals surface area contributed by atoms with Crippen LogP contribution in [0.25, 0.3) is 0 Å². The third-order valence-electron chi connectivity index (χ3n) is 3.02. The van der Waals surface area contributed by atoms with Gasteiger partial charge >= 0.3 is 0 Å². The molecule has 1 unspecified atom stereocenters. The maximum Gasteiger partial charge on any atom is 0.222 e. The average Bonchev–Trinajstić information content (AvgIpc) is 2.42. The largest absolute Gasteiger partial charge is 0.344 e. The van der Waals surface area contributed by atoms with E-state index in [1.54, 1.807) is 4.90 Å². The standard InChI is InChI=1S/C14H23N3O/c1-16-10-11-17(2)14(18)9-8-13(15)12-6-4-3-5-7-12/h3-7,13,16H,8-11,15H2,1-2H3. The molecule has 0 spiro atoms. The van der Waals surface area contributed by atoms with E-state index >= 15 is 0 Å². The van der Waals surface area contributed by atoms with Gasteiger partial charge in [-0.25, -0.2) is 0 Å². The van der Waals surface area contributed by atoms with Crippen LogP contribution in [0.1, 0.15) is 24.4 Å². The van der Waals surface area contributed by atoms with Gasteiger partial charge in [0.15, 0.2) is 0 Å². The smallest absolute Gasteiger partial charge is 0.222 e. The highest BCUT2D eigenvalue weighted by molar-refractivity contribution is 5.75. The molecule has 1 amide bonds. The minimum Gasteiger partial charge on any atom is -0.344 e. The van der Waals surface area contributed by atoms with Gasteiger partial charge < -0.3 is 16.0 Å². The number of carbonyl (C=O) groups excluding carboxylic acids is 1. The molecule has 1 rings (SSSR count). The Balaban J connectivity index is 2.34. The van der Waals surface area contributed by atoms with Crippen molar-refractivity contribution >= 4 is 5.91 Å². The molecular weight excluding hydrogens is 226 g/mol. The zero-order chi connectivity index (χ0) is 13.4. The van der Waals surface area contributed by atoms with Crippen molar-refractivity contribution in [1.29, 1.82) is 0 Å². The van der Waals surface area contributed by atoms with Crippen LogP contribution in [0.2, 0.25) is 0 Å². The fourth-order valence-corrected chi connectivity index (χ4v) is 1.74. The Labute approximate surface area is 109 Å². The molecule has 0 aromatic heterocycles. The van der Waals surface area contributed by atoms with Crippen LogP contribution in [0.4, 0.5) is 0 Å². The van der Waals surface area contributed by atoms with Crippen LogP contribution in [0, 0.1) is 0 Å². The number of benzene rings is 1. The van der Waals surface area contributed by atoms with Crippen LogP contribution in [-0.4, -0.2) is 38.0 Å². The van der Waals surface area contributed by atoms with E-state index in [1.165, 1.54) is 0 Å². The van der Waals surface area contributed by atoms with Crippen molar-refractivity contribution in [2.45, 2.75) is 18.9 Å². The maximum absolute atomic E-state index is 11.8. The number of hydrogen-bond acceptors (Lipinski definition) is 3. The summed E-state index contributed by atoms with van der Waals surface area (Å²) in [4.78, 5) is 13.6. The Morgan fingerprint density at radius 2 is 2.06 bits per heavy atom. The first-order valence-electron chi connectivity index (χ1n) is 6.34. The SMILES string of the molecule is CNCCN(C)C(=O)CCC(N)c1ccccc1. The van der Waals surface area contributed by atoms with Gasteiger partial charge in [-0.2, -0.15) is 0 Å². The third kappa shape index (κ3) is 4.85. The third-order valence-corrected chi connectivity index (χ3v) is 3.02. The van der Waals surface area contributed by atoms with Crippen molar-refractivity contribution < 1.29 is 4.79 Å². The molecular formula is C14H23N3O. The van der Waals surface area contributed by atoms with Crippen LogP contribution < -0.4 is 11.1 Å². The minimum absolute atomic E-state index is 0.0622. The molecule has 4 heteroatoms. The Kier molecular flexibility index (Phi) is 6.39. The van der Waals surface area contributed by atoms with E-state index in [0.29, 0.717) is 12.8 Å². The van der Waals surface area contributed by atoms with Crippen molar-refractivity contribution in [2.24, 2.45) is 5.73 Å². The Bertz CT molecular complexity index is 353. The van der Waals surface area contributed by atoms with Crippen LogP contribution >= 0.6 is 0 Å². The van der Waals surface area contributed by atoms with Gasteiger partial charge in [0.05, 0.1) is 0 Å². The molecule has 4 nitrogen and oxygen atoms in total. The fraction of sp³-hybridized carbons (Fsp3) is 0.500. The lowest BCUT2D eigenvalue weighted by Crippen LogP contribution is -2.33. The summed E-state index contributed by atoms with van der Waals surface area (Å²) >= 11 is 0. The normalized spacial score (nSPS) is 12.2.